The molecule has 1 unspecified atom stereocenters. The molecule has 2 aromatic rings. The van der Waals surface area contributed by atoms with E-state index in [2.05, 4.69) is 62.1 Å². The lowest BCUT2D eigenvalue weighted by atomic mass is 9.89. The molecule has 0 amide bonds. The summed E-state index contributed by atoms with van der Waals surface area (Å²) in [4.78, 5) is 2.53. The smallest absolute Gasteiger partial charge is 0.119 e. The van der Waals surface area contributed by atoms with E-state index in [0.29, 0.717) is 5.92 Å². The Bertz CT molecular complexity index is 650. The van der Waals surface area contributed by atoms with E-state index in [1.807, 2.05) is 12.1 Å². The molecule has 0 aliphatic carbocycles. The fourth-order valence-corrected chi connectivity index (χ4v) is 3.83. The highest BCUT2D eigenvalue weighted by Gasteiger charge is 2.12. The summed E-state index contributed by atoms with van der Waals surface area (Å²) in [6.07, 6.45) is 4.55. The van der Waals surface area contributed by atoms with Crippen LogP contribution < -0.4 is 4.74 Å². The molecule has 0 aromatic heterocycles. The molecule has 3 heteroatoms. The predicted molar refractivity (Wildman–Crippen MR) is 117 cm³/mol. The summed E-state index contributed by atoms with van der Waals surface area (Å²) in [5, 5.41) is 0.797. The second kappa shape index (κ2) is 12.0. The van der Waals surface area contributed by atoms with Crippen LogP contribution in [0.5, 0.6) is 5.75 Å². The molecule has 148 valence electrons. The lowest BCUT2D eigenvalue weighted by molar-refractivity contribution is 0.234. The minimum atomic E-state index is 0.370. The number of benzene rings is 2. The summed E-state index contributed by atoms with van der Waals surface area (Å²) in [6, 6.07) is 16.7. The highest BCUT2D eigenvalue weighted by atomic mass is 35.5. The standard InChI is InChI=1S/C24H34ClNO/c1-4-15-26(16-5-2)17-8-18-27-23-13-11-20(12-14-23)24(6-3)21-9-7-10-22(25)19-21/h7,9-14,19,24H,4-6,8,15-18H2,1-3H3. The van der Waals surface area contributed by atoms with Crippen LogP contribution in [0, 0.1) is 0 Å². The van der Waals surface area contributed by atoms with Gasteiger partial charge in [-0.05, 0) is 74.2 Å². The summed E-state index contributed by atoms with van der Waals surface area (Å²) in [5.74, 6) is 1.33. The molecule has 0 fully saturated rings. The van der Waals surface area contributed by atoms with Gasteiger partial charge in [0, 0.05) is 17.5 Å². The Morgan fingerprint density at radius 3 is 2.19 bits per heavy atom. The van der Waals surface area contributed by atoms with Crippen molar-refractivity contribution in [3.05, 3.63) is 64.7 Å². The minimum absolute atomic E-state index is 0.370. The molecule has 0 saturated heterocycles. The maximum Gasteiger partial charge on any atom is 0.119 e. The van der Waals surface area contributed by atoms with Gasteiger partial charge in [0.05, 0.1) is 6.61 Å². The number of rotatable bonds is 12. The predicted octanol–water partition coefficient (Wildman–Crippen LogP) is 6.77. The maximum absolute atomic E-state index is 6.17. The van der Waals surface area contributed by atoms with Crippen molar-refractivity contribution >= 4 is 11.6 Å². The van der Waals surface area contributed by atoms with Crippen molar-refractivity contribution in [1.29, 1.82) is 0 Å². The van der Waals surface area contributed by atoms with Gasteiger partial charge < -0.3 is 9.64 Å². The van der Waals surface area contributed by atoms with E-state index in [0.717, 1.165) is 36.8 Å². The van der Waals surface area contributed by atoms with Gasteiger partial charge in [-0.15, -0.1) is 0 Å². The molecule has 2 rings (SSSR count). The van der Waals surface area contributed by atoms with Crippen molar-refractivity contribution in [2.75, 3.05) is 26.2 Å². The van der Waals surface area contributed by atoms with Gasteiger partial charge in [-0.1, -0.05) is 56.6 Å². The fraction of sp³-hybridized carbons (Fsp3) is 0.500. The Balaban J connectivity index is 1.87. The average Bonchev–Trinajstić information content (AvgIpc) is 2.67. The van der Waals surface area contributed by atoms with Gasteiger partial charge in [0.2, 0.25) is 0 Å². The van der Waals surface area contributed by atoms with E-state index in [4.69, 9.17) is 16.3 Å². The number of nitrogens with zero attached hydrogens (tertiary/aromatic N) is 1. The molecule has 2 aromatic carbocycles. The van der Waals surface area contributed by atoms with Crippen molar-refractivity contribution in [2.45, 2.75) is 52.4 Å². The lowest BCUT2D eigenvalue weighted by Gasteiger charge is -2.21. The van der Waals surface area contributed by atoms with E-state index in [9.17, 15) is 0 Å². The van der Waals surface area contributed by atoms with Crippen molar-refractivity contribution in [3.8, 4) is 5.75 Å². The van der Waals surface area contributed by atoms with E-state index < -0.39 is 0 Å². The van der Waals surface area contributed by atoms with E-state index in [-0.39, 0.29) is 0 Å². The van der Waals surface area contributed by atoms with Gasteiger partial charge in [-0.25, -0.2) is 0 Å². The quantitative estimate of drug-likeness (QED) is 0.372. The molecule has 0 N–H and O–H groups in total. The zero-order valence-corrected chi connectivity index (χ0v) is 17.8. The monoisotopic (exact) mass is 387 g/mol. The second-order valence-electron chi connectivity index (χ2n) is 7.13. The molecule has 0 saturated carbocycles. The van der Waals surface area contributed by atoms with Crippen LogP contribution in [0.1, 0.15) is 63.5 Å². The first kappa shape index (κ1) is 21.8. The fourth-order valence-electron chi connectivity index (χ4n) is 3.63. The summed E-state index contributed by atoms with van der Waals surface area (Å²) in [6.45, 7) is 11.0. The molecule has 0 aliphatic heterocycles. The number of halogens is 1. The number of hydrogen-bond acceptors (Lipinski definition) is 2. The first-order chi connectivity index (χ1) is 13.2. The summed E-state index contributed by atoms with van der Waals surface area (Å²) in [5.41, 5.74) is 2.58. The molecule has 0 aliphatic rings. The second-order valence-corrected chi connectivity index (χ2v) is 7.56. The highest BCUT2D eigenvalue weighted by molar-refractivity contribution is 6.30. The molecule has 1 atom stereocenters. The van der Waals surface area contributed by atoms with Crippen LogP contribution in [0.2, 0.25) is 5.02 Å². The third kappa shape index (κ3) is 7.20. The van der Waals surface area contributed by atoms with Crippen molar-refractivity contribution in [1.82, 2.24) is 4.90 Å². The zero-order valence-electron chi connectivity index (χ0n) is 17.1. The molecule has 2 nitrogen and oxygen atoms in total. The van der Waals surface area contributed by atoms with Gasteiger partial charge in [-0.3, -0.25) is 0 Å². The van der Waals surface area contributed by atoms with E-state index in [1.54, 1.807) is 0 Å². The van der Waals surface area contributed by atoms with Crippen molar-refractivity contribution in [2.24, 2.45) is 0 Å². The first-order valence-electron chi connectivity index (χ1n) is 10.4. The summed E-state index contributed by atoms with van der Waals surface area (Å²) in [7, 11) is 0. The van der Waals surface area contributed by atoms with Gasteiger partial charge in [0.25, 0.3) is 0 Å². The molecule has 0 heterocycles. The van der Waals surface area contributed by atoms with Crippen LogP contribution in [-0.2, 0) is 0 Å². The molecule has 0 bridgehead atoms. The van der Waals surface area contributed by atoms with Crippen LogP contribution >= 0.6 is 11.6 Å². The lowest BCUT2D eigenvalue weighted by Crippen LogP contribution is -2.27. The topological polar surface area (TPSA) is 12.5 Å². The van der Waals surface area contributed by atoms with Crippen LogP contribution in [0.4, 0.5) is 0 Å². The largest absolute Gasteiger partial charge is 0.494 e. The summed E-state index contributed by atoms with van der Waals surface area (Å²) >= 11 is 6.17. The van der Waals surface area contributed by atoms with Crippen LogP contribution in [0.15, 0.2) is 48.5 Å². The van der Waals surface area contributed by atoms with Crippen LogP contribution in [-0.4, -0.2) is 31.1 Å². The van der Waals surface area contributed by atoms with E-state index >= 15 is 0 Å². The third-order valence-corrected chi connectivity index (χ3v) is 5.14. The van der Waals surface area contributed by atoms with Gasteiger partial charge >= 0.3 is 0 Å². The molecule has 0 radical (unpaired) electrons. The highest BCUT2D eigenvalue weighted by Crippen LogP contribution is 2.30. The van der Waals surface area contributed by atoms with E-state index in [1.165, 1.54) is 37.1 Å². The molecular formula is C24H34ClNO. The minimum Gasteiger partial charge on any atom is -0.494 e. The Hall–Kier alpha value is -1.51. The number of hydrogen-bond donors (Lipinski definition) is 0. The molecule has 0 spiro atoms. The molecular weight excluding hydrogens is 354 g/mol. The van der Waals surface area contributed by atoms with Gasteiger partial charge in [0.15, 0.2) is 0 Å². The third-order valence-electron chi connectivity index (χ3n) is 4.91. The van der Waals surface area contributed by atoms with Gasteiger partial charge in [-0.2, -0.15) is 0 Å². The van der Waals surface area contributed by atoms with Crippen molar-refractivity contribution in [3.63, 3.8) is 0 Å². The van der Waals surface area contributed by atoms with Crippen LogP contribution in [0.3, 0.4) is 0 Å². The van der Waals surface area contributed by atoms with Crippen LogP contribution in [0.25, 0.3) is 0 Å². The molecule has 27 heavy (non-hydrogen) atoms. The summed E-state index contributed by atoms with van der Waals surface area (Å²) < 4.78 is 5.96. The Kier molecular flexibility index (Phi) is 9.72. The zero-order chi connectivity index (χ0) is 19.5. The maximum atomic E-state index is 6.17. The average molecular weight is 388 g/mol. The SMILES string of the molecule is CCCN(CCC)CCCOc1ccc(C(CC)c2cccc(Cl)c2)cc1. The Morgan fingerprint density at radius 2 is 1.59 bits per heavy atom. The van der Waals surface area contributed by atoms with Crippen molar-refractivity contribution < 1.29 is 4.74 Å². The number of ether oxygens (including phenoxy) is 1. The normalized spacial score (nSPS) is 12.3. The Labute approximate surface area is 170 Å². The van der Waals surface area contributed by atoms with Gasteiger partial charge in [0.1, 0.15) is 5.75 Å². The first-order valence-corrected chi connectivity index (χ1v) is 10.8. The Morgan fingerprint density at radius 1 is 0.889 bits per heavy atom.